The second-order valence-corrected chi connectivity index (χ2v) is 12.2. The van der Waals surface area contributed by atoms with Gasteiger partial charge in [-0.2, -0.15) is 0 Å². The normalized spacial score (nSPS) is 12.6. The van der Waals surface area contributed by atoms with Crippen molar-refractivity contribution < 1.29 is 4.42 Å². The number of allylic oxidation sites excluding steroid dienone is 1. The molecule has 0 spiro atoms. The molecule has 1 aliphatic rings. The molecule has 0 bridgehead atoms. The summed E-state index contributed by atoms with van der Waals surface area (Å²) >= 11 is 0. The van der Waals surface area contributed by atoms with Crippen molar-refractivity contribution in [3.05, 3.63) is 169 Å². The third-order valence-corrected chi connectivity index (χ3v) is 9.27. The number of furan rings is 1. The van der Waals surface area contributed by atoms with Gasteiger partial charge in [-0.3, -0.25) is 10.8 Å². The molecule has 0 unspecified atom stereocenters. The van der Waals surface area contributed by atoms with Crippen molar-refractivity contribution in [3.63, 3.8) is 0 Å². The number of fused-ring (bicyclic) bond motifs is 6. The first-order valence-corrected chi connectivity index (χ1v) is 16.0. The molecule has 9 rings (SSSR count). The van der Waals surface area contributed by atoms with Crippen LogP contribution in [0.1, 0.15) is 11.1 Å². The molecular weight excluding hydrogens is 587 g/mol. The summed E-state index contributed by atoms with van der Waals surface area (Å²) in [5.74, 6) is 0. The Bertz CT molecular complexity index is 2610. The molecule has 0 atom stereocenters. The first-order chi connectivity index (χ1) is 23.6. The zero-order chi connectivity index (χ0) is 32.2. The van der Waals surface area contributed by atoms with Crippen LogP contribution in [0.15, 0.2) is 162 Å². The zero-order valence-corrected chi connectivity index (χ0v) is 25.9. The lowest BCUT2D eigenvalue weighted by molar-refractivity contribution is 0.669. The van der Waals surface area contributed by atoms with Crippen LogP contribution in [-0.4, -0.2) is 11.4 Å². The Morgan fingerprint density at radius 1 is 0.438 bits per heavy atom. The van der Waals surface area contributed by atoms with E-state index in [4.69, 9.17) is 15.2 Å². The van der Waals surface area contributed by atoms with Crippen LogP contribution < -0.4 is 4.90 Å². The van der Waals surface area contributed by atoms with E-state index in [9.17, 15) is 0 Å². The summed E-state index contributed by atoms with van der Waals surface area (Å²) in [5.41, 5.74) is 11.5. The smallest absolute Gasteiger partial charge is 0.137 e. The van der Waals surface area contributed by atoms with Gasteiger partial charge in [0.25, 0.3) is 0 Å². The van der Waals surface area contributed by atoms with E-state index in [0.717, 1.165) is 83.2 Å². The number of hydrogen-bond donors (Lipinski definition) is 2. The van der Waals surface area contributed by atoms with Crippen molar-refractivity contribution >= 4 is 67.3 Å². The summed E-state index contributed by atoms with van der Waals surface area (Å²) in [6, 6.07) is 52.9. The molecular formula is C44H29N3O. The molecule has 0 fully saturated rings. The summed E-state index contributed by atoms with van der Waals surface area (Å²) in [4.78, 5) is 2.29. The molecule has 0 aliphatic heterocycles. The molecule has 0 amide bonds. The summed E-state index contributed by atoms with van der Waals surface area (Å²) in [5, 5.41) is 21.2. The minimum Gasteiger partial charge on any atom is -0.456 e. The minimum absolute atomic E-state index is 0.234. The van der Waals surface area contributed by atoms with Crippen molar-refractivity contribution in [2.24, 2.45) is 0 Å². The predicted octanol–water partition coefficient (Wildman–Crippen LogP) is 12.0. The highest BCUT2D eigenvalue weighted by Crippen LogP contribution is 2.41. The highest BCUT2D eigenvalue weighted by Gasteiger charge is 2.20. The average molecular weight is 616 g/mol. The maximum absolute atomic E-state index is 8.70. The minimum atomic E-state index is 0.234. The summed E-state index contributed by atoms with van der Waals surface area (Å²) in [7, 11) is 0. The second kappa shape index (κ2) is 11.1. The van der Waals surface area contributed by atoms with E-state index in [1.807, 2.05) is 36.4 Å². The lowest BCUT2D eigenvalue weighted by atomic mass is 9.88. The van der Waals surface area contributed by atoms with Gasteiger partial charge in [0.2, 0.25) is 0 Å². The van der Waals surface area contributed by atoms with Crippen molar-refractivity contribution in [2.45, 2.75) is 0 Å². The van der Waals surface area contributed by atoms with Crippen LogP contribution in [0.4, 0.5) is 17.1 Å². The van der Waals surface area contributed by atoms with E-state index in [0.29, 0.717) is 0 Å². The second-order valence-electron chi connectivity index (χ2n) is 12.2. The van der Waals surface area contributed by atoms with Gasteiger partial charge in [-0.05, 0) is 93.2 Å². The highest BCUT2D eigenvalue weighted by atomic mass is 16.3. The van der Waals surface area contributed by atoms with Crippen LogP contribution in [0.3, 0.4) is 0 Å². The van der Waals surface area contributed by atoms with Gasteiger partial charge in [-0.15, -0.1) is 0 Å². The van der Waals surface area contributed by atoms with Crippen molar-refractivity contribution in [1.82, 2.24) is 0 Å². The van der Waals surface area contributed by atoms with Crippen LogP contribution in [-0.2, 0) is 0 Å². The van der Waals surface area contributed by atoms with Gasteiger partial charge in [0, 0.05) is 39.5 Å². The number of nitrogens with zero attached hydrogens (tertiary/aromatic N) is 1. The Balaban J connectivity index is 1.21. The molecule has 0 saturated carbocycles. The molecule has 4 heteroatoms. The van der Waals surface area contributed by atoms with E-state index in [2.05, 4.69) is 126 Å². The van der Waals surface area contributed by atoms with E-state index >= 15 is 0 Å². The van der Waals surface area contributed by atoms with E-state index in [1.54, 1.807) is 6.08 Å². The summed E-state index contributed by atoms with van der Waals surface area (Å²) in [6.45, 7) is 0. The number of anilines is 3. The van der Waals surface area contributed by atoms with Crippen LogP contribution in [0.5, 0.6) is 0 Å². The first-order valence-electron chi connectivity index (χ1n) is 16.0. The van der Waals surface area contributed by atoms with Crippen molar-refractivity contribution in [1.29, 1.82) is 10.8 Å². The molecule has 8 aromatic rings. The molecule has 7 aromatic carbocycles. The van der Waals surface area contributed by atoms with Gasteiger partial charge in [0.1, 0.15) is 11.2 Å². The molecule has 1 aliphatic carbocycles. The van der Waals surface area contributed by atoms with E-state index in [-0.39, 0.29) is 11.4 Å². The topological polar surface area (TPSA) is 64.1 Å². The van der Waals surface area contributed by atoms with Gasteiger partial charge in [-0.25, -0.2) is 0 Å². The molecule has 0 saturated heterocycles. The maximum Gasteiger partial charge on any atom is 0.137 e. The summed E-state index contributed by atoms with van der Waals surface area (Å²) < 4.78 is 6.34. The largest absolute Gasteiger partial charge is 0.456 e. The number of benzene rings is 7. The molecule has 2 N–H and O–H groups in total. The van der Waals surface area contributed by atoms with Gasteiger partial charge < -0.3 is 9.32 Å². The fourth-order valence-electron chi connectivity index (χ4n) is 6.91. The molecule has 1 heterocycles. The average Bonchev–Trinajstić information content (AvgIpc) is 3.51. The number of rotatable bonds is 5. The summed E-state index contributed by atoms with van der Waals surface area (Å²) in [6.07, 6.45) is 3.64. The Kier molecular flexibility index (Phi) is 6.41. The Hall–Kier alpha value is -6.52. The van der Waals surface area contributed by atoms with Crippen LogP contribution in [0.25, 0.3) is 61.0 Å². The molecule has 1 aromatic heterocycles. The highest BCUT2D eigenvalue weighted by molar-refractivity contribution is 6.53. The zero-order valence-electron chi connectivity index (χ0n) is 25.9. The predicted molar refractivity (Wildman–Crippen MR) is 200 cm³/mol. The fraction of sp³-hybridized carbons (Fsp3) is 0. The Labute approximate surface area is 277 Å². The SMILES string of the molecule is N=C1C=Cc2ccc3ccc(-c4cccc(N(c5cccc(-c6ccccc6)c5)c5ccc6c(c5)oc5ccccc56)c4)cc3c2C1=N. The Morgan fingerprint density at radius 2 is 1.08 bits per heavy atom. The number of nitrogens with one attached hydrogen (secondary N) is 2. The van der Waals surface area contributed by atoms with E-state index < -0.39 is 0 Å². The quantitative estimate of drug-likeness (QED) is 0.202. The molecule has 4 nitrogen and oxygen atoms in total. The first kappa shape index (κ1) is 27.8. The van der Waals surface area contributed by atoms with Crippen LogP contribution in [0, 0.1) is 10.8 Å². The van der Waals surface area contributed by atoms with Gasteiger partial charge in [-0.1, -0.05) is 103 Å². The molecule has 226 valence electrons. The maximum atomic E-state index is 8.70. The van der Waals surface area contributed by atoms with Gasteiger partial charge in [0.05, 0.1) is 11.4 Å². The monoisotopic (exact) mass is 615 g/mol. The van der Waals surface area contributed by atoms with Crippen molar-refractivity contribution in [2.75, 3.05) is 4.90 Å². The lowest BCUT2D eigenvalue weighted by Gasteiger charge is -2.26. The third kappa shape index (κ3) is 4.62. The third-order valence-electron chi connectivity index (χ3n) is 9.27. The van der Waals surface area contributed by atoms with Gasteiger partial charge >= 0.3 is 0 Å². The van der Waals surface area contributed by atoms with Crippen LogP contribution in [0.2, 0.25) is 0 Å². The van der Waals surface area contributed by atoms with Crippen molar-refractivity contribution in [3.8, 4) is 22.3 Å². The fourth-order valence-corrected chi connectivity index (χ4v) is 6.91. The number of para-hydroxylation sites is 1. The van der Waals surface area contributed by atoms with E-state index in [1.165, 1.54) is 0 Å². The molecule has 0 radical (unpaired) electrons. The van der Waals surface area contributed by atoms with Crippen LogP contribution >= 0.6 is 0 Å². The molecule has 48 heavy (non-hydrogen) atoms. The standard InChI is InChI=1S/C44H29N3O/c45-40-23-20-30-18-16-29-17-19-33(26-39(29)43(30)44(40)46)32-11-7-13-35(25-32)47(34-12-6-10-31(24-34)28-8-2-1-3-9-28)36-21-22-38-37-14-4-5-15-41(37)48-42(38)27-36/h1-27,45-46H. The lowest BCUT2D eigenvalue weighted by Crippen LogP contribution is -2.16. The number of hydrogen-bond acceptors (Lipinski definition) is 4. The van der Waals surface area contributed by atoms with Gasteiger partial charge in [0.15, 0.2) is 0 Å². The Morgan fingerprint density at radius 3 is 1.90 bits per heavy atom.